The largest absolute Gasteiger partial charge is 0.444 e. The van der Waals surface area contributed by atoms with E-state index in [0.717, 1.165) is 34.4 Å². The number of hydrogen-bond acceptors (Lipinski definition) is 4. The SMILES string of the molecule is Cc1ccc(C(C(=O)Nc2c(C)cccc2C)N(C(=O)C(C)NC(=O)OC(C)(C)C)C2CC2C)cc1. The van der Waals surface area contributed by atoms with Crippen molar-refractivity contribution in [1.82, 2.24) is 10.2 Å². The van der Waals surface area contributed by atoms with Gasteiger partial charge in [-0.05, 0) is 77.5 Å². The third-order valence-corrected chi connectivity index (χ3v) is 6.43. The maximum Gasteiger partial charge on any atom is 0.408 e. The van der Waals surface area contributed by atoms with Crippen molar-refractivity contribution in [3.05, 3.63) is 64.7 Å². The number of anilines is 1. The van der Waals surface area contributed by atoms with Crippen molar-refractivity contribution >= 4 is 23.6 Å². The number of para-hydroxylation sites is 1. The van der Waals surface area contributed by atoms with E-state index in [9.17, 15) is 14.4 Å². The standard InChI is InChI=1S/C29H39N3O4/c1-17-12-14-22(15-13-17)25(26(33)31-24-18(2)10-9-11-19(24)3)32(23-16-20(23)4)27(34)21(5)30-28(35)36-29(6,7)8/h9-15,20-21,23,25H,16H2,1-8H3,(H,30,35)(H,31,33). The number of carbonyl (C=O) groups excluding carboxylic acids is 3. The third-order valence-electron chi connectivity index (χ3n) is 6.43. The van der Waals surface area contributed by atoms with Crippen LogP contribution in [0.25, 0.3) is 0 Å². The second-order valence-corrected chi connectivity index (χ2v) is 11.0. The molecule has 3 rings (SSSR count). The highest BCUT2D eigenvalue weighted by molar-refractivity contribution is 6.00. The van der Waals surface area contributed by atoms with E-state index < -0.39 is 23.8 Å². The number of amides is 3. The van der Waals surface area contributed by atoms with Gasteiger partial charge in [0, 0.05) is 11.7 Å². The van der Waals surface area contributed by atoms with E-state index in [4.69, 9.17) is 4.74 Å². The smallest absolute Gasteiger partial charge is 0.408 e. The number of alkyl carbamates (subject to hydrolysis) is 1. The topological polar surface area (TPSA) is 87.7 Å². The van der Waals surface area contributed by atoms with E-state index in [-0.39, 0.29) is 23.8 Å². The molecule has 0 saturated heterocycles. The number of hydrogen-bond donors (Lipinski definition) is 2. The van der Waals surface area contributed by atoms with Crippen LogP contribution in [0.2, 0.25) is 0 Å². The Labute approximate surface area is 214 Å². The fourth-order valence-corrected chi connectivity index (χ4v) is 4.33. The molecule has 7 heteroatoms. The summed E-state index contributed by atoms with van der Waals surface area (Å²) in [5.74, 6) is -0.353. The third kappa shape index (κ3) is 6.65. The van der Waals surface area contributed by atoms with Crippen LogP contribution in [0.3, 0.4) is 0 Å². The summed E-state index contributed by atoms with van der Waals surface area (Å²) in [5, 5.41) is 5.74. The molecule has 0 aliphatic heterocycles. The first kappa shape index (κ1) is 27.2. The molecular formula is C29H39N3O4. The molecule has 1 aliphatic carbocycles. The van der Waals surface area contributed by atoms with Crippen LogP contribution in [0, 0.1) is 26.7 Å². The minimum atomic E-state index is -0.867. The van der Waals surface area contributed by atoms with Gasteiger partial charge in [0.15, 0.2) is 0 Å². The van der Waals surface area contributed by atoms with Crippen LogP contribution in [-0.2, 0) is 14.3 Å². The maximum atomic E-state index is 13.9. The van der Waals surface area contributed by atoms with Crippen LogP contribution in [-0.4, -0.2) is 40.5 Å². The minimum absolute atomic E-state index is 0.101. The number of nitrogens with one attached hydrogen (secondary N) is 2. The number of aryl methyl sites for hydroxylation is 3. The molecule has 3 amide bonds. The second kappa shape index (κ2) is 10.7. The molecule has 1 saturated carbocycles. The quantitative estimate of drug-likeness (QED) is 0.537. The van der Waals surface area contributed by atoms with Gasteiger partial charge in [0.2, 0.25) is 5.91 Å². The summed E-state index contributed by atoms with van der Waals surface area (Å²) in [6, 6.07) is 11.7. The van der Waals surface area contributed by atoms with E-state index in [1.807, 2.05) is 63.2 Å². The highest BCUT2D eigenvalue weighted by Crippen LogP contribution is 2.41. The lowest BCUT2D eigenvalue weighted by Gasteiger charge is -2.34. The summed E-state index contributed by atoms with van der Waals surface area (Å²) >= 11 is 0. The van der Waals surface area contributed by atoms with Crippen molar-refractivity contribution in [3.63, 3.8) is 0 Å². The summed E-state index contributed by atoms with van der Waals surface area (Å²) in [6.07, 6.45) is 0.128. The van der Waals surface area contributed by atoms with Gasteiger partial charge in [-0.1, -0.05) is 55.0 Å². The molecule has 0 heterocycles. The number of rotatable bonds is 7. The van der Waals surface area contributed by atoms with Crippen molar-refractivity contribution < 1.29 is 19.1 Å². The zero-order chi connectivity index (χ0) is 26.8. The number of benzene rings is 2. The first-order valence-electron chi connectivity index (χ1n) is 12.5. The van der Waals surface area contributed by atoms with Gasteiger partial charge in [0.25, 0.3) is 5.91 Å². The highest BCUT2D eigenvalue weighted by atomic mass is 16.6. The van der Waals surface area contributed by atoms with Crippen LogP contribution < -0.4 is 10.6 Å². The lowest BCUT2D eigenvalue weighted by atomic mass is 10.0. The van der Waals surface area contributed by atoms with Crippen LogP contribution in [0.1, 0.15) is 69.3 Å². The summed E-state index contributed by atoms with van der Waals surface area (Å²) in [4.78, 5) is 41.8. The van der Waals surface area contributed by atoms with E-state index in [1.54, 1.807) is 32.6 Å². The zero-order valence-corrected chi connectivity index (χ0v) is 22.6. The van der Waals surface area contributed by atoms with Gasteiger partial charge >= 0.3 is 6.09 Å². The number of carbonyl (C=O) groups is 3. The summed E-state index contributed by atoms with van der Waals surface area (Å²) in [5.41, 5.74) is 3.74. The summed E-state index contributed by atoms with van der Waals surface area (Å²) < 4.78 is 5.35. The lowest BCUT2D eigenvalue weighted by molar-refractivity contribution is -0.141. The molecule has 2 aromatic carbocycles. The van der Waals surface area contributed by atoms with Crippen molar-refractivity contribution in [1.29, 1.82) is 0 Å². The molecule has 36 heavy (non-hydrogen) atoms. The van der Waals surface area contributed by atoms with Gasteiger partial charge in [0.1, 0.15) is 17.7 Å². The van der Waals surface area contributed by atoms with Gasteiger partial charge in [-0.15, -0.1) is 0 Å². The van der Waals surface area contributed by atoms with Crippen LogP contribution in [0.5, 0.6) is 0 Å². The van der Waals surface area contributed by atoms with E-state index >= 15 is 0 Å². The van der Waals surface area contributed by atoms with E-state index in [2.05, 4.69) is 17.6 Å². The van der Waals surface area contributed by atoms with Crippen molar-refractivity contribution in [3.8, 4) is 0 Å². The molecule has 0 aromatic heterocycles. The predicted octanol–water partition coefficient (Wildman–Crippen LogP) is 5.44. The fraction of sp³-hybridized carbons (Fsp3) is 0.483. The number of ether oxygens (including phenoxy) is 1. The molecule has 0 spiro atoms. The minimum Gasteiger partial charge on any atom is -0.444 e. The summed E-state index contributed by atoms with van der Waals surface area (Å²) in [7, 11) is 0. The van der Waals surface area contributed by atoms with Crippen molar-refractivity contribution in [2.45, 2.75) is 85.5 Å². The van der Waals surface area contributed by atoms with Crippen LogP contribution in [0.4, 0.5) is 10.5 Å². The molecule has 1 aliphatic rings. The average molecular weight is 494 g/mol. The Balaban J connectivity index is 1.97. The Morgan fingerprint density at radius 1 is 1.00 bits per heavy atom. The molecule has 4 atom stereocenters. The van der Waals surface area contributed by atoms with Gasteiger partial charge < -0.3 is 20.3 Å². The Morgan fingerprint density at radius 2 is 1.56 bits per heavy atom. The Morgan fingerprint density at radius 3 is 2.06 bits per heavy atom. The highest BCUT2D eigenvalue weighted by Gasteiger charge is 2.47. The zero-order valence-electron chi connectivity index (χ0n) is 22.6. The molecule has 4 unspecified atom stereocenters. The fourth-order valence-electron chi connectivity index (χ4n) is 4.33. The lowest BCUT2D eigenvalue weighted by Crippen LogP contribution is -2.52. The Kier molecular flexibility index (Phi) is 8.12. The maximum absolute atomic E-state index is 13.9. The van der Waals surface area contributed by atoms with E-state index in [1.165, 1.54) is 0 Å². The van der Waals surface area contributed by atoms with Crippen molar-refractivity contribution in [2.75, 3.05) is 5.32 Å². The van der Waals surface area contributed by atoms with Gasteiger partial charge in [0.05, 0.1) is 0 Å². The van der Waals surface area contributed by atoms with Gasteiger partial charge in [-0.2, -0.15) is 0 Å². The molecule has 1 fully saturated rings. The normalized spacial score (nSPS) is 18.6. The van der Waals surface area contributed by atoms with Crippen LogP contribution >= 0.6 is 0 Å². The average Bonchev–Trinajstić information content (AvgIpc) is 3.49. The van der Waals surface area contributed by atoms with Gasteiger partial charge in [-0.25, -0.2) is 4.79 Å². The second-order valence-electron chi connectivity index (χ2n) is 11.0. The predicted molar refractivity (Wildman–Crippen MR) is 142 cm³/mol. The molecule has 194 valence electrons. The molecular weight excluding hydrogens is 454 g/mol. The Bertz CT molecular complexity index is 1100. The monoisotopic (exact) mass is 493 g/mol. The Hall–Kier alpha value is -3.35. The molecule has 2 N–H and O–H groups in total. The molecule has 2 aromatic rings. The summed E-state index contributed by atoms with van der Waals surface area (Å²) in [6.45, 7) is 14.9. The first-order valence-corrected chi connectivity index (χ1v) is 12.5. The first-order chi connectivity index (χ1) is 16.8. The van der Waals surface area contributed by atoms with Crippen molar-refractivity contribution in [2.24, 2.45) is 5.92 Å². The van der Waals surface area contributed by atoms with Gasteiger partial charge in [-0.3, -0.25) is 9.59 Å². The molecule has 0 bridgehead atoms. The molecule has 0 radical (unpaired) electrons. The number of nitrogens with zero attached hydrogens (tertiary/aromatic N) is 1. The molecule has 7 nitrogen and oxygen atoms in total. The van der Waals surface area contributed by atoms with E-state index in [0.29, 0.717) is 0 Å². The van der Waals surface area contributed by atoms with Crippen LogP contribution in [0.15, 0.2) is 42.5 Å².